The average molecular weight is 349 g/mol. The van der Waals surface area contributed by atoms with Gasteiger partial charge in [-0.1, -0.05) is 29.8 Å². The molecular formula is C17H21BrN2O. The van der Waals surface area contributed by atoms with Crippen molar-refractivity contribution in [3.63, 3.8) is 0 Å². The van der Waals surface area contributed by atoms with Crippen LogP contribution < -0.4 is 10.1 Å². The Morgan fingerprint density at radius 1 is 1.14 bits per heavy atom. The minimum absolute atomic E-state index is 0.438. The number of nitrogens with zero attached hydrogens (tertiary/aromatic N) is 1. The van der Waals surface area contributed by atoms with E-state index in [1.807, 2.05) is 24.3 Å². The first-order chi connectivity index (χ1) is 9.95. The van der Waals surface area contributed by atoms with Gasteiger partial charge in [0.25, 0.3) is 0 Å². The molecule has 21 heavy (non-hydrogen) atoms. The molecule has 0 aliphatic heterocycles. The van der Waals surface area contributed by atoms with Crippen molar-refractivity contribution in [2.24, 2.45) is 0 Å². The monoisotopic (exact) mass is 348 g/mol. The van der Waals surface area contributed by atoms with Gasteiger partial charge in [0.05, 0.1) is 5.69 Å². The summed E-state index contributed by atoms with van der Waals surface area (Å²) in [7, 11) is 0. The molecule has 0 atom stereocenters. The molecule has 0 saturated heterocycles. The molecule has 1 aromatic carbocycles. The number of halogens is 1. The van der Waals surface area contributed by atoms with E-state index < -0.39 is 0 Å². The summed E-state index contributed by atoms with van der Waals surface area (Å²) in [5, 5.41) is 3.35. The number of hydrogen-bond acceptors (Lipinski definition) is 3. The van der Waals surface area contributed by atoms with E-state index in [4.69, 9.17) is 4.74 Å². The first-order valence-corrected chi connectivity index (χ1v) is 7.88. The third kappa shape index (κ3) is 4.55. The molecule has 1 heterocycles. The highest BCUT2D eigenvalue weighted by atomic mass is 79.9. The van der Waals surface area contributed by atoms with Crippen LogP contribution in [-0.4, -0.2) is 11.0 Å². The normalized spacial score (nSPS) is 11.0. The van der Waals surface area contributed by atoms with Gasteiger partial charge in [0, 0.05) is 29.3 Å². The molecule has 1 N–H and O–H groups in total. The molecule has 0 aliphatic rings. The van der Waals surface area contributed by atoms with Crippen LogP contribution in [0.25, 0.3) is 0 Å². The van der Waals surface area contributed by atoms with Gasteiger partial charge in [-0.25, -0.2) is 0 Å². The molecule has 0 amide bonds. The lowest BCUT2D eigenvalue weighted by Crippen LogP contribution is -2.22. The van der Waals surface area contributed by atoms with Crippen LogP contribution in [-0.2, 0) is 6.54 Å². The van der Waals surface area contributed by atoms with Crippen molar-refractivity contribution in [3.05, 3.63) is 51.8 Å². The SMILES string of the molecule is Cc1cc(Oc2ccnc(CNC(C)C)c2)cc(C)c1Br. The zero-order valence-electron chi connectivity index (χ0n) is 12.9. The van der Waals surface area contributed by atoms with Crippen LogP contribution in [0, 0.1) is 13.8 Å². The van der Waals surface area contributed by atoms with Crippen LogP contribution in [0.2, 0.25) is 0 Å². The van der Waals surface area contributed by atoms with Gasteiger partial charge in [-0.05, 0) is 43.2 Å². The molecule has 0 spiro atoms. The molecule has 0 bridgehead atoms. The minimum Gasteiger partial charge on any atom is -0.457 e. The maximum Gasteiger partial charge on any atom is 0.130 e. The van der Waals surface area contributed by atoms with Crippen molar-refractivity contribution in [1.29, 1.82) is 0 Å². The van der Waals surface area contributed by atoms with E-state index in [2.05, 4.69) is 53.9 Å². The van der Waals surface area contributed by atoms with E-state index in [0.29, 0.717) is 6.04 Å². The van der Waals surface area contributed by atoms with E-state index in [1.165, 1.54) is 11.1 Å². The lowest BCUT2D eigenvalue weighted by molar-refractivity contribution is 0.478. The number of rotatable bonds is 5. The summed E-state index contributed by atoms with van der Waals surface area (Å²) < 4.78 is 7.08. The third-order valence-corrected chi connectivity index (χ3v) is 4.38. The number of hydrogen-bond donors (Lipinski definition) is 1. The summed E-state index contributed by atoms with van der Waals surface area (Å²) in [6.07, 6.45) is 1.78. The number of pyridine rings is 1. The van der Waals surface area contributed by atoms with E-state index in [-0.39, 0.29) is 0 Å². The Balaban J connectivity index is 2.14. The van der Waals surface area contributed by atoms with Crippen molar-refractivity contribution in [1.82, 2.24) is 10.3 Å². The van der Waals surface area contributed by atoms with Crippen molar-refractivity contribution in [2.75, 3.05) is 0 Å². The fourth-order valence-electron chi connectivity index (χ4n) is 2.03. The predicted octanol–water partition coefficient (Wildman–Crippen LogP) is 4.75. The largest absolute Gasteiger partial charge is 0.457 e. The highest BCUT2D eigenvalue weighted by Gasteiger charge is 2.05. The molecule has 0 saturated carbocycles. The van der Waals surface area contributed by atoms with Crippen LogP contribution in [0.1, 0.15) is 30.7 Å². The lowest BCUT2D eigenvalue weighted by atomic mass is 10.1. The fourth-order valence-corrected chi connectivity index (χ4v) is 2.26. The summed E-state index contributed by atoms with van der Waals surface area (Å²) in [4.78, 5) is 4.35. The maximum absolute atomic E-state index is 5.95. The van der Waals surface area contributed by atoms with Gasteiger partial charge >= 0.3 is 0 Å². The van der Waals surface area contributed by atoms with Gasteiger partial charge in [-0.3, -0.25) is 4.98 Å². The predicted molar refractivity (Wildman–Crippen MR) is 89.9 cm³/mol. The van der Waals surface area contributed by atoms with Gasteiger partial charge in [0.2, 0.25) is 0 Å². The summed E-state index contributed by atoms with van der Waals surface area (Å²) in [6, 6.07) is 8.36. The zero-order valence-corrected chi connectivity index (χ0v) is 14.5. The molecular weight excluding hydrogens is 328 g/mol. The van der Waals surface area contributed by atoms with Crippen LogP contribution in [0.15, 0.2) is 34.9 Å². The molecule has 2 rings (SSSR count). The standard InChI is InChI=1S/C17H21BrN2O/c1-11(2)20-10-14-9-15(5-6-19-14)21-16-7-12(3)17(18)13(4)8-16/h5-9,11,20H,10H2,1-4H3. The van der Waals surface area contributed by atoms with Crippen LogP contribution in [0.4, 0.5) is 0 Å². The van der Waals surface area contributed by atoms with E-state index >= 15 is 0 Å². The van der Waals surface area contributed by atoms with Crippen molar-refractivity contribution in [2.45, 2.75) is 40.3 Å². The van der Waals surface area contributed by atoms with Gasteiger partial charge in [0.1, 0.15) is 11.5 Å². The Hall–Kier alpha value is -1.39. The van der Waals surface area contributed by atoms with Crippen molar-refractivity contribution >= 4 is 15.9 Å². The number of benzene rings is 1. The molecule has 0 fully saturated rings. The number of ether oxygens (including phenoxy) is 1. The second-order valence-electron chi connectivity index (χ2n) is 5.49. The van der Waals surface area contributed by atoms with E-state index in [9.17, 15) is 0 Å². The Morgan fingerprint density at radius 3 is 2.43 bits per heavy atom. The molecule has 3 nitrogen and oxygen atoms in total. The van der Waals surface area contributed by atoms with Crippen molar-refractivity contribution in [3.8, 4) is 11.5 Å². The maximum atomic E-state index is 5.95. The Morgan fingerprint density at radius 2 is 1.81 bits per heavy atom. The molecule has 0 aliphatic carbocycles. The van der Waals surface area contributed by atoms with Gasteiger partial charge in [-0.15, -0.1) is 0 Å². The second kappa shape index (κ2) is 7.05. The topological polar surface area (TPSA) is 34.1 Å². The Kier molecular flexibility index (Phi) is 5.37. The summed E-state index contributed by atoms with van der Waals surface area (Å²) in [5.74, 6) is 1.66. The average Bonchev–Trinajstić information content (AvgIpc) is 2.43. The summed E-state index contributed by atoms with van der Waals surface area (Å²) >= 11 is 3.57. The third-order valence-electron chi connectivity index (χ3n) is 3.13. The van der Waals surface area contributed by atoms with Gasteiger partial charge < -0.3 is 10.1 Å². The summed E-state index contributed by atoms with van der Waals surface area (Å²) in [5.41, 5.74) is 3.31. The lowest BCUT2D eigenvalue weighted by Gasteiger charge is -2.11. The van der Waals surface area contributed by atoms with E-state index in [0.717, 1.165) is 28.2 Å². The molecule has 0 unspecified atom stereocenters. The highest BCUT2D eigenvalue weighted by Crippen LogP contribution is 2.29. The number of nitrogens with one attached hydrogen (secondary N) is 1. The number of aromatic nitrogens is 1. The first-order valence-electron chi connectivity index (χ1n) is 7.08. The minimum atomic E-state index is 0.438. The van der Waals surface area contributed by atoms with Crippen LogP contribution in [0.3, 0.4) is 0 Å². The first kappa shape index (κ1) is 16.0. The van der Waals surface area contributed by atoms with Crippen LogP contribution >= 0.6 is 15.9 Å². The molecule has 0 radical (unpaired) electrons. The molecule has 1 aromatic heterocycles. The zero-order chi connectivity index (χ0) is 15.4. The quantitative estimate of drug-likeness (QED) is 0.846. The van der Waals surface area contributed by atoms with E-state index in [1.54, 1.807) is 6.20 Å². The number of aryl methyl sites for hydroxylation is 2. The Bertz CT molecular complexity index is 603. The molecule has 2 aromatic rings. The molecule has 112 valence electrons. The second-order valence-corrected chi connectivity index (χ2v) is 6.28. The smallest absolute Gasteiger partial charge is 0.130 e. The molecule has 4 heteroatoms. The summed E-state index contributed by atoms with van der Waals surface area (Å²) in [6.45, 7) is 9.11. The Labute approximate surface area is 134 Å². The van der Waals surface area contributed by atoms with Crippen LogP contribution in [0.5, 0.6) is 11.5 Å². The van der Waals surface area contributed by atoms with Crippen molar-refractivity contribution < 1.29 is 4.74 Å². The van der Waals surface area contributed by atoms with Gasteiger partial charge in [-0.2, -0.15) is 0 Å². The van der Waals surface area contributed by atoms with Gasteiger partial charge in [0.15, 0.2) is 0 Å². The fraction of sp³-hybridized carbons (Fsp3) is 0.353. The highest BCUT2D eigenvalue weighted by molar-refractivity contribution is 9.10.